The molecular formula is C14H17BrN2O2. The zero-order valence-corrected chi connectivity index (χ0v) is 12.9. The normalized spacial score (nSPS) is 10.5. The molecule has 0 amide bonds. The number of methoxy groups -OCH3 is 2. The lowest BCUT2D eigenvalue weighted by Gasteiger charge is -2.09. The van der Waals surface area contributed by atoms with E-state index in [1.807, 2.05) is 36.1 Å². The molecule has 0 aliphatic heterocycles. The summed E-state index contributed by atoms with van der Waals surface area (Å²) < 4.78 is 13.5. The molecule has 0 fully saturated rings. The topological polar surface area (TPSA) is 36.3 Å². The van der Waals surface area contributed by atoms with Crippen LogP contribution < -0.4 is 9.47 Å². The van der Waals surface area contributed by atoms with Gasteiger partial charge in [0.25, 0.3) is 0 Å². The highest BCUT2D eigenvalue weighted by atomic mass is 79.9. The van der Waals surface area contributed by atoms with Crippen LogP contribution in [-0.2, 0) is 19.9 Å². The van der Waals surface area contributed by atoms with Crippen molar-refractivity contribution in [2.45, 2.75) is 12.8 Å². The third-order valence-corrected chi connectivity index (χ3v) is 3.73. The maximum Gasteiger partial charge on any atom is 0.127 e. The van der Waals surface area contributed by atoms with E-state index < -0.39 is 0 Å². The molecule has 0 aliphatic carbocycles. The number of hydrogen-bond acceptors (Lipinski definition) is 3. The van der Waals surface area contributed by atoms with Gasteiger partial charge in [-0.05, 0) is 46.5 Å². The molecule has 1 heterocycles. The summed E-state index contributed by atoms with van der Waals surface area (Å²) in [6.07, 6.45) is 3.63. The minimum atomic E-state index is 0.818. The molecule has 4 nitrogen and oxygen atoms in total. The summed E-state index contributed by atoms with van der Waals surface area (Å²) >= 11 is 3.47. The minimum absolute atomic E-state index is 0.818. The molecule has 2 aromatic rings. The molecule has 2 rings (SSSR count). The number of rotatable bonds is 5. The van der Waals surface area contributed by atoms with Crippen molar-refractivity contribution >= 4 is 15.9 Å². The SMILES string of the molecule is COc1cc(CCc2c(Br)ncn2C)cc(OC)c1. The van der Waals surface area contributed by atoms with Gasteiger partial charge in [0.2, 0.25) is 0 Å². The largest absolute Gasteiger partial charge is 0.497 e. The van der Waals surface area contributed by atoms with E-state index in [0.29, 0.717) is 0 Å². The summed E-state index contributed by atoms with van der Waals surface area (Å²) in [6, 6.07) is 5.95. The lowest BCUT2D eigenvalue weighted by Crippen LogP contribution is -1.99. The second-order valence-corrected chi connectivity index (χ2v) is 5.07. The van der Waals surface area contributed by atoms with Crippen molar-refractivity contribution < 1.29 is 9.47 Å². The molecule has 0 atom stereocenters. The number of hydrogen-bond donors (Lipinski definition) is 0. The highest BCUT2D eigenvalue weighted by molar-refractivity contribution is 9.10. The number of halogens is 1. The van der Waals surface area contributed by atoms with E-state index >= 15 is 0 Å². The van der Waals surface area contributed by atoms with Gasteiger partial charge in [0.15, 0.2) is 0 Å². The molecule has 0 saturated heterocycles. The lowest BCUT2D eigenvalue weighted by molar-refractivity contribution is 0.393. The summed E-state index contributed by atoms with van der Waals surface area (Å²) in [4.78, 5) is 4.23. The number of benzene rings is 1. The Kier molecular flexibility index (Phi) is 4.47. The number of aromatic nitrogens is 2. The van der Waals surface area contributed by atoms with Gasteiger partial charge in [0.1, 0.15) is 16.1 Å². The number of ether oxygens (including phenoxy) is 2. The van der Waals surface area contributed by atoms with Gasteiger partial charge in [-0.3, -0.25) is 0 Å². The Morgan fingerprint density at radius 1 is 1.11 bits per heavy atom. The van der Waals surface area contributed by atoms with Crippen molar-refractivity contribution in [2.75, 3.05) is 14.2 Å². The molecule has 1 aromatic heterocycles. The van der Waals surface area contributed by atoms with Gasteiger partial charge in [-0.1, -0.05) is 0 Å². The average molecular weight is 325 g/mol. The van der Waals surface area contributed by atoms with Crippen LogP contribution in [0.15, 0.2) is 29.1 Å². The zero-order valence-electron chi connectivity index (χ0n) is 11.3. The van der Waals surface area contributed by atoms with Gasteiger partial charge >= 0.3 is 0 Å². The first kappa shape index (κ1) is 13.9. The van der Waals surface area contributed by atoms with Crippen LogP contribution in [0.25, 0.3) is 0 Å². The van der Waals surface area contributed by atoms with Gasteiger partial charge in [0.05, 0.1) is 26.2 Å². The molecule has 102 valence electrons. The molecule has 0 aliphatic rings. The maximum absolute atomic E-state index is 5.28. The third kappa shape index (κ3) is 3.29. The monoisotopic (exact) mass is 324 g/mol. The number of imidazole rings is 1. The van der Waals surface area contributed by atoms with Crippen LogP contribution in [0, 0.1) is 0 Å². The van der Waals surface area contributed by atoms with Crippen LogP contribution in [0.5, 0.6) is 11.5 Å². The van der Waals surface area contributed by atoms with Crippen LogP contribution >= 0.6 is 15.9 Å². The van der Waals surface area contributed by atoms with Crippen molar-refractivity contribution in [3.8, 4) is 11.5 Å². The Balaban J connectivity index is 2.15. The summed E-state index contributed by atoms with van der Waals surface area (Å²) in [5, 5.41) is 0. The van der Waals surface area contributed by atoms with Gasteiger partial charge in [-0.2, -0.15) is 0 Å². The van der Waals surface area contributed by atoms with E-state index in [9.17, 15) is 0 Å². The molecule has 0 radical (unpaired) electrons. The fourth-order valence-corrected chi connectivity index (χ4v) is 2.55. The predicted octanol–water partition coefficient (Wildman–Crippen LogP) is 2.99. The van der Waals surface area contributed by atoms with Crippen molar-refractivity contribution in [3.05, 3.63) is 40.4 Å². The highest BCUT2D eigenvalue weighted by Gasteiger charge is 2.08. The van der Waals surface area contributed by atoms with Gasteiger partial charge in [-0.15, -0.1) is 0 Å². The minimum Gasteiger partial charge on any atom is -0.497 e. The van der Waals surface area contributed by atoms with Gasteiger partial charge in [-0.25, -0.2) is 4.98 Å². The standard InChI is InChI=1S/C14H17BrN2O2/c1-17-9-16-14(15)13(17)5-4-10-6-11(18-2)8-12(7-10)19-3/h6-9H,4-5H2,1-3H3. The first-order chi connectivity index (χ1) is 9.13. The Labute approximate surface area is 121 Å². The maximum atomic E-state index is 5.28. The predicted molar refractivity (Wildman–Crippen MR) is 77.9 cm³/mol. The van der Waals surface area contributed by atoms with Crippen molar-refractivity contribution in [2.24, 2.45) is 7.05 Å². The molecule has 19 heavy (non-hydrogen) atoms. The first-order valence-electron chi connectivity index (χ1n) is 6.01. The Bertz CT molecular complexity index is 525. The van der Waals surface area contributed by atoms with E-state index in [4.69, 9.17) is 9.47 Å². The molecule has 0 saturated carbocycles. The fraction of sp³-hybridized carbons (Fsp3) is 0.357. The second-order valence-electron chi connectivity index (χ2n) is 4.31. The molecule has 5 heteroatoms. The van der Waals surface area contributed by atoms with E-state index in [1.54, 1.807) is 14.2 Å². The number of aryl methyl sites for hydroxylation is 2. The molecular weight excluding hydrogens is 308 g/mol. The summed E-state index contributed by atoms with van der Waals surface area (Å²) in [6.45, 7) is 0. The molecule has 1 aromatic carbocycles. The van der Waals surface area contributed by atoms with Crippen LogP contribution in [0.4, 0.5) is 0 Å². The lowest BCUT2D eigenvalue weighted by atomic mass is 10.1. The summed E-state index contributed by atoms with van der Waals surface area (Å²) in [7, 11) is 5.33. The van der Waals surface area contributed by atoms with Crippen molar-refractivity contribution in [1.29, 1.82) is 0 Å². The van der Waals surface area contributed by atoms with E-state index in [-0.39, 0.29) is 0 Å². The number of nitrogens with zero attached hydrogens (tertiary/aromatic N) is 2. The average Bonchev–Trinajstić information content (AvgIpc) is 2.75. The quantitative estimate of drug-likeness (QED) is 0.848. The van der Waals surface area contributed by atoms with Gasteiger partial charge < -0.3 is 14.0 Å². The van der Waals surface area contributed by atoms with E-state index in [0.717, 1.165) is 28.9 Å². The Morgan fingerprint density at radius 3 is 2.21 bits per heavy atom. The first-order valence-corrected chi connectivity index (χ1v) is 6.81. The van der Waals surface area contributed by atoms with E-state index in [1.165, 1.54) is 11.3 Å². The third-order valence-electron chi connectivity index (χ3n) is 3.07. The smallest absolute Gasteiger partial charge is 0.127 e. The summed E-state index contributed by atoms with van der Waals surface area (Å²) in [5.41, 5.74) is 2.37. The molecule has 0 bridgehead atoms. The van der Waals surface area contributed by atoms with Crippen molar-refractivity contribution in [1.82, 2.24) is 9.55 Å². The van der Waals surface area contributed by atoms with Crippen LogP contribution in [0.3, 0.4) is 0 Å². The zero-order chi connectivity index (χ0) is 13.8. The van der Waals surface area contributed by atoms with E-state index in [2.05, 4.69) is 20.9 Å². The molecule has 0 spiro atoms. The molecule has 0 N–H and O–H groups in total. The summed E-state index contributed by atoms with van der Waals surface area (Å²) in [5.74, 6) is 1.64. The van der Waals surface area contributed by atoms with Crippen LogP contribution in [-0.4, -0.2) is 23.8 Å². The Morgan fingerprint density at radius 2 is 1.74 bits per heavy atom. The van der Waals surface area contributed by atoms with Crippen LogP contribution in [0.2, 0.25) is 0 Å². The highest BCUT2D eigenvalue weighted by Crippen LogP contribution is 2.24. The Hall–Kier alpha value is -1.49. The second kappa shape index (κ2) is 6.10. The van der Waals surface area contributed by atoms with Gasteiger partial charge in [0, 0.05) is 13.1 Å². The molecule has 0 unspecified atom stereocenters. The van der Waals surface area contributed by atoms with Crippen molar-refractivity contribution in [3.63, 3.8) is 0 Å². The fourth-order valence-electron chi connectivity index (χ4n) is 1.98. The van der Waals surface area contributed by atoms with Crippen LogP contribution in [0.1, 0.15) is 11.3 Å².